The van der Waals surface area contributed by atoms with Gasteiger partial charge in [0.15, 0.2) is 0 Å². The van der Waals surface area contributed by atoms with Gasteiger partial charge >= 0.3 is 0 Å². The Balaban J connectivity index is 1.47. The molecule has 7 aromatic carbocycles. The summed E-state index contributed by atoms with van der Waals surface area (Å²) < 4.78 is 5.13. The normalized spacial score (nSPS) is 11.9. The van der Waals surface area contributed by atoms with Crippen LogP contribution in [0, 0.1) is 0 Å². The maximum absolute atomic E-state index is 4.09. The Morgan fingerprint density at radius 2 is 1.21 bits per heavy atom. The van der Waals surface area contributed by atoms with E-state index in [2.05, 4.69) is 170 Å². The maximum Gasteiger partial charge on any atom is 0.0634 e. The first kappa shape index (κ1) is 27.6. The highest BCUT2D eigenvalue weighted by Crippen LogP contribution is 2.49. The standard InChI is InChI=1S/C45H31NS/c1-3-13-32-26-35(23-20-29(32)4-2)46-40-24-21-33(30-14-7-5-8-15-30)27-38(40)43-44(46)37-19-12-11-18-36(37)42-39-28-34(31-16-9-6-10-17-31)22-25-41(39)47-45(42)43/h3-28H,2H2,1H3/b13-3-. The lowest BCUT2D eigenvalue weighted by molar-refractivity contribution is 1.18. The molecule has 0 saturated heterocycles. The zero-order chi connectivity index (χ0) is 31.5. The van der Waals surface area contributed by atoms with Crippen molar-refractivity contribution in [2.24, 2.45) is 0 Å². The molecule has 0 unspecified atom stereocenters. The van der Waals surface area contributed by atoms with Gasteiger partial charge < -0.3 is 4.57 Å². The molecular weight excluding hydrogens is 587 g/mol. The van der Waals surface area contributed by atoms with Crippen molar-refractivity contribution < 1.29 is 0 Å². The number of benzene rings is 7. The number of rotatable bonds is 5. The van der Waals surface area contributed by atoms with Crippen molar-refractivity contribution in [3.8, 4) is 27.9 Å². The molecule has 0 aliphatic rings. The van der Waals surface area contributed by atoms with E-state index in [1.54, 1.807) is 0 Å². The monoisotopic (exact) mass is 617 g/mol. The van der Waals surface area contributed by atoms with E-state index in [1.165, 1.54) is 75.0 Å². The molecule has 0 bridgehead atoms. The Morgan fingerprint density at radius 1 is 0.553 bits per heavy atom. The van der Waals surface area contributed by atoms with Crippen molar-refractivity contribution >= 4 is 76.2 Å². The summed E-state index contributed by atoms with van der Waals surface area (Å²) in [7, 11) is 0. The zero-order valence-corrected chi connectivity index (χ0v) is 26.9. The van der Waals surface area contributed by atoms with Crippen LogP contribution >= 0.6 is 11.3 Å². The molecule has 47 heavy (non-hydrogen) atoms. The van der Waals surface area contributed by atoms with Gasteiger partial charge in [0.1, 0.15) is 0 Å². The summed E-state index contributed by atoms with van der Waals surface area (Å²) in [5, 5.41) is 7.79. The van der Waals surface area contributed by atoms with Crippen molar-refractivity contribution in [1.82, 2.24) is 4.57 Å². The number of allylic oxidation sites excluding steroid dienone is 1. The molecule has 0 radical (unpaired) electrons. The summed E-state index contributed by atoms with van der Waals surface area (Å²) in [6.07, 6.45) is 6.22. The minimum Gasteiger partial charge on any atom is -0.309 e. The average molecular weight is 618 g/mol. The van der Waals surface area contributed by atoms with Crippen molar-refractivity contribution in [3.63, 3.8) is 0 Å². The zero-order valence-electron chi connectivity index (χ0n) is 26.1. The highest BCUT2D eigenvalue weighted by Gasteiger charge is 2.22. The van der Waals surface area contributed by atoms with Crippen LogP contribution in [0.4, 0.5) is 0 Å². The molecule has 0 aliphatic heterocycles. The third-order valence-corrected chi connectivity index (χ3v) is 10.6. The van der Waals surface area contributed by atoms with Crippen LogP contribution in [0.25, 0.3) is 92.8 Å². The number of hydrogen-bond donors (Lipinski definition) is 0. The Labute approximate surface area is 278 Å². The van der Waals surface area contributed by atoms with Crippen LogP contribution < -0.4 is 0 Å². The van der Waals surface area contributed by atoms with Crippen LogP contribution in [0.2, 0.25) is 0 Å². The lowest BCUT2D eigenvalue weighted by atomic mass is 9.97. The molecule has 0 fully saturated rings. The molecule has 0 spiro atoms. The first-order valence-corrected chi connectivity index (χ1v) is 16.9. The lowest BCUT2D eigenvalue weighted by Crippen LogP contribution is -1.96. The highest BCUT2D eigenvalue weighted by molar-refractivity contribution is 7.27. The molecule has 0 atom stereocenters. The molecule has 2 aromatic heterocycles. The van der Waals surface area contributed by atoms with Crippen LogP contribution in [0.3, 0.4) is 0 Å². The quantitative estimate of drug-likeness (QED) is 0.181. The summed E-state index contributed by atoms with van der Waals surface area (Å²) in [6.45, 7) is 6.16. The summed E-state index contributed by atoms with van der Waals surface area (Å²) in [4.78, 5) is 0. The van der Waals surface area contributed by atoms with Gasteiger partial charge in [0.2, 0.25) is 0 Å². The Bertz CT molecular complexity index is 2690. The van der Waals surface area contributed by atoms with Crippen molar-refractivity contribution in [1.29, 1.82) is 0 Å². The molecule has 9 aromatic rings. The minimum absolute atomic E-state index is 1.13. The van der Waals surface area contributed by atoms with E-state index in [4.69, 9.17) is 0 Å². The molecule has 0 aliphatic carbocycles. The van der Waals surface area contributed by atoms with Gasteiger partial charge in [-0.3, -0.25) is 0 Å². The molecule has 222 valence electrons. The summed E-state index contributed by atoms with van der Waals surface area (Å²) in [5.41, 5.74) is 10.8. The van der Waals surface area contributed by atoms with E-state index >= 15 is 0 Å². The van der Waals surface area contributed by atoms with Gasteiger partial charge in [-0.1, -0.05) is 128 Å². The minimum atomic E-state index is 1.13. The second-order valence-electron chi connectivity index (χ2n) is 12.1. The topological polar surface area (TPSA) is 4.93 Å². The van der Waals surface area contributed by atoms with E-state index in [-0.39, 0.29) is 0 Å². The predicted octanol–water partition coefficient (Wildman–Crippen LogP) is 13.3. The number of fused-ring (bicyclic) bond motifs is 10. The van der Waals surface area contributed by atoms with Crippen LogP contribution in [-0.2, 0) is 0 Å². The van der Waals surface area contributed by atoms with E-state index in [0.29, 0.717) is 0 Å². The van der Waals surface area contributed by atoms with Crippen LogP contribution in [-0.4, -0.2) is 4.57 Å². The van der Waals surface area contributed by atoms with Gasteiger partial charge in [-0.25, -0.2) is 0 Å². The van der Waals surface area contributed by atoms with E-state index in [0.717, 1.165) is 16.8 Å². The smallest absolute Gasteiger partial charge is 0.0634 e. The van der Waals surface area contributed by atoms with Gasteiger partial charge in [0.05, 0.1) is 11.0 Å². The van der Waals surface area contributed by atoms with Gasteiger partial charge in [-0.2, -0.15) is 0 Å². The molecule has 2 heteroatoms. The number of hydrogen-bond acceptors (Lipinski definition) is 1. The largest absolute Gasteiger partial charge is 0.309 e. The van der Waals surface area contributed by atoms with Crippen molar-refractivity contribution in [2.75, 3.05) is 0 Å². The number of aromatic nitrogens is 1. The molecule has 0 N–H and O–H groups in total. The van der Waals surface area contributed by atoms with Crippen LogP contribution in [0.1, 0.15) is 18.1 Å². The fourth-order valence-electron chi connectivity index (χ4n) is 7.32. The van der Waals surface area contributed by atoms with Crippen molar-refractivity contribution in [2.45, 2.75) is 6.92 Å². The van der Waals surface area contributed by atoms with Crippen LogP contribution in [0.5, 0.6) is 0 Å². The Kier molecular flexibility index (Phi) is 6.45. The Hall–Kier alpha value is -5.70. The SMILES string of the molecule is C=Cc1ccc(-n2c3ccc(-c4ccccc4)cc3c3c4sc5ccc(-c6ccccc6)cc5c4c4ccccc4c32)cc1/C=C\C. The van der Waals surface area contributed by atoms with E-state index < -0.39 is 0 Å². The summed E-state index contributed by atoms with van der Waals surface area (Å²) in [5.74, 6) is 0. The van der Waals surface area contributed by atoms with Crippen molar-refractivity contribution in [3.05, 3.63) is 163 Å². The maximum atomic E-state index is 4.09. The van der Waals surface area contributed by atoms with Gasteiger partial charge in [-0.05, 0) is 82.1 Å². The molecular formula is C45H31NS. The predicted molar refractivity (Wildman–Crippen MR) is 207 cm³/mol. The fourth-order valence-corrected chi connectivity index (χ4v) is 8.58. The van der Waals surface area contributed by atoms with E-state index in [1.807, 2.05) is 17.4 Å². The second kappa shape index (κ2) is 11.0. The third-order valence-electron chi connectivity index (χ3n) is 9.44. The van der Waals surface area contributed by atoms with Gasteiger partial charge in [0.25, 0.3) is 0 Å². The van der Waals surface area contributed by atoms with Gasteiger partial charge in [-0.15, -0.1) is 11.3 Å². The Morgan fingerprint density at radius 3 is 1.91 bits per heavy atom. The first-order chi connectivity index (χ1) is 23.2. The lowest BCUT2D eigenvalue weighted by Gasteiger charge is -2.13. The fraction of sp³-hybridized carbons (Fsp3) is 0.0222. The van der Waals surface area contributed by atoms with Crippen LogP contribution in [0.15, 0.2) is 152 Å². The molecule has 9 rings (SSSR count). The number of nitrogens with zero attached hydrogens (tertiary/aromatic N) is 1. The average Bonchev–Trinajstić information content (AvgIpc) is 3.68. The first-order valence-electron chi connectivity index (χ1n) is 16.1. The number of thiophene rings is 1. The molecule has 2 heterocycles. The second-order valence-corrected chi connectivity index (χ2v) is 13.2. The van der Waals surface area contributed by atoms with E-state index in [9.17, 15) is 0 Å². The molecule has 0 saturated carbocycles. The summed E-state index contributed by atoms with van der Waals surface area (Å²) >= 11 is 1.91. The molecule has 1 nitrogen and oxygen atoms in total. The molecule has 0 amide bonds. The summed E-state index contributed by atoms with van der Waals surface area (Å²) in [6, 6.07) is 51.1. The highest BCUT2D eigenvalue weighted by atomic mass is 32.1. The third kappa shape index (κ3) is 4.30. The van der Waals surface area contributed by atoms with Gasteiger partial charge in [0, 0.05) is 42.0 Å².